The van der Waals surface area contributed by atoms with Crippen LogP contribution < -0.4 is 16.6 Å². The molecule has 106 valence electrons. The zero-order valence-corrected chi connectivity index (χ0v) is 12.5. The fourth-order valence-corrected chi connectivity index (χ4v) is 1.56. The van der Waals surface area contributed by atoms with E-state index >= 15 is 0 Å². The summed E-state index contributed by atoms with van der Waals surface area (Å²) in [6.07, 6.45) is 0. The van der Waals surface area contributed by atoms with Crippen LogP contribution in [0.2, 0.25) is 5.15 Å². The molecular formula is C13H21ClN4O. The van der Waals surface area contributed by atoms with Crippen LogP contribution in [0, 0.1) is 11.3 Å². The molecule has 0 aliphatic heterocycles. The molecule has 1 aromatic rings. The first-order valence-corrected chi connectivity index (χ1v) is 6.54. The molecule has 5 nitrogen and oxygen atoms in total. The van der Waals surface area contributed by atoms with E-state index in [1.54, 1.807) is 6.07 Å². The van der Waals surface area contributed by atoms with Crippen molar-refractivity contribution in [1.29, 1.82) is 0 Å². The van der Waals surface area contributed by atoms with Crippen molar-refractivity contribution in [3.05, 3.63) is 22.8 Å². The highest BCUT2D eigenvalue weighted by atomic mass is 35.5. The van der Waals surface area contributed by atoms with Crippen LogP contribution in [-0.4, -0.2) is 17.4 Å². The number of nitrogen functional groups attached to an aromatic ring is 1. The summed E-state index contributed by atoms with van der Waals surface area (Å²) in [4.78, 5) is 15.9. The molecular weight excluding hydrogens is 264 g/mol. The van der Waals surface area contributed by atoms with E-state index in [0.29, 0.717) is 23.8 Å². The number of hydrogen-bond donors (Lipinski definition) is 3. The van der Waals surface area contributed by atoms with Gasteiger partial charge in [-0.3, -0.25) is 4.79 Å². The Balaban J connectivity index is 2.71. The van der Waals surface area contributed by atoms with Crippen molar-refractivity contribution in [1.82, 2.24) is 10.3 Å². The third-order valence-corrected chi connectivity index (χ3v) is 3.44. The van der Waals surface area contributed by atoms with Gasteiger partial charge in [-0.2, -0.15) is 0 Å². The number of nitrogens with two attached hydrogens (primary N) is 1. The number of anilines is 1. The van der Waals surface area contributed by atoms with Gasteiger partial charge in [0.05, 0.1) is 0 Å². The van der Waals surface area contributed by atoms with Gasteiger partial charge >= 0.3 is 0 Å². The van der Waals surface area contributed by atoms with Crippen LogP contribution in [0.1, 0.15) is 38.1 Å². The first-order valence-electron chi connectivity index (χ1n) is 6.16. The first kappa shape index (κ1) is 15.7. The van der Waals surface area contributed by atoms with E-state index in [9.17, 15) is 4.79 Å². The van der Waals surface area contributed by atoms with Crippen molar-refractivity contribution >= 4 is 23.3 Å². The number of nitrogens with zero attached hydrogens (tertiary/aromatic N) is 1. The van der Waals surface area contributed by atoms with Gasteiger partial charge in [-0.25, -0.2) is 10.8 Å². The van der Waals surface area contributed by atoms with Crippen LogP contribution in [0.3, 0.4) is 0 Å². The molecule has 1 atom stereocenters. The Labute approximate surface area is 118 Å². The topological polar surface area (TPSA) is 80.0 Å². The number of carbonyl (C=O) groups excluding carboxylic acids is 1. The van der Waals surface area contributed by atoms with Gasteiger partial charge in [0.1, 0.15) is 11.0 Å². The monoisotopic (exact) mass is 284 g/mol. The molecule has 1 unspecified atom stereocenters. The van der Waals surface area contributed by atoms with Crippen LogP contribution in [-0.2, 0) is 0 Å². The van der Waals surface area contributed by atoms with Crippen molar-refractivity contribution in [2.24, 2.45) is 17.2 Å². The average Bonchev–Trinajstić information content (AvgIpc) is 2.33. The fraction of sp³-hybridized carbons (Fsp3) is 0.538. The lowest BCUT2D eigenvalue weighted by atomic mass is 9.82. The van der Waals surface area contributed by atoms with E-state index in [4.69, 9.17) is 17.4 Å². The third-order valence-electron chi connectivity index (χ3n) is 3.25. The molecule has 1 aromatic heterocycles. The van der Waals surface area contributed by atoms with Crippen LogP contribution in [0.15, 0.2) is 12.1 Å². The normalized spacial score (nSPS) is 12.9. The Bertz CT molecular complexity index is 456. The molecule has 6 heteroatoms. The van der Waals surface area contributed by atoms with Crippen molar-refractivity contribution in [2.45, 2.75) is 27.7 Å². The Morgan fingerprint density at radius 1 is 1.47 bits per heavy atom. The predicted molar refractivity (Wildman–Crippen MR) is 78.0 cm³/mol. The number of rotatable bonds is 4. The molecule has 0 saturated carbocycles. The summed E-state index contributed by atoms with van der Waals surface area (Å²) in [5, 5.41) is 3.12. The van der Waals surface area contributed by atoms with Crippen molar-refractivity contribution in [3.8, 4) is 0 Å². The van der Waals surface area contributed by atoms with Crippen LogP contribution in [0.4, 0.5) is 5.82 Å². The van der Waals surface area contributed by atoms with E-state index in [0.717, 1.165) is 0 Å². The molecule has 19 heavy (non-hydrogen) atoms. The molecule has 0 bridgehead atoms. The highest BCUT2D eigenvalue weighted by molar-refractivity contribution is 6.29. The lowest BCUT2D eigenvalue weighted by molar-refractivity contribution is 0.0937. The first-order chi connectivity index (χ1) is 8.74. The number of pyridine rings is 1. The van der Waals surface area contributed by atoms with Gasteiger partial charge < -0.3 is 10.7 Å². The summed E-state index contributed by atoms with van der Waals surface area (Å²) in [6.45, 7) is 9.14. The van der Waals surface area contributed by atoms with Crippen molar-refractivity contribution < 1.29 is 4.79 Å². The molecule has 0 fully saturated rings. The average molecular weight is 285 g/mol. The van der Waals surface area contributed by atoms with Gasteiger partial charge in [-0.1, -0.05) is 39.3 Å². The van der Waals surface area contributed by atoms with Crippen molar-refractivity contribution in [2.75, 3.05) is 12.0 Å². The van der Waals surface area contributed by atoms with Crippen LogP contribution >= 0.6 is 11.6 Å². The van der Waals surface area contributed by atoms with Crippen LogP contribution in [0.25, 0.3) is 0 Å². The molecule has 0 radical (unpaired) electrons. The molecule has 1 heterocycles. The summed E-state index contributed by atoms with van der Waals surface area (Å²) >= 11 is 5.82. The summed E-state index contributed by atoms with van der Waals surface area (Å²) in [6, 6.07) is 3.07. The third kappa shape index (κ3) is 4.69. The molecule has 0 aliphatic carbocycles. The standard InChI is InChI=1S/C13H21ClN4O/c1-8(13(2,3)4)7-16-12(19)9-5-10(14)17-11(6-9)18-15/h5-6,8H,7,15H2,1-4H3,(H,16,19)(H,17,18). The number of nitrogens with one attached hydrogen (secondary N) is 2. The predicted octanol–water partition coefficient (Wildman–Crippen LogP) is 2.43. The SMILES string of the molecule is CC(CNC(=O)c1cc(Cl)nc(NN)c1)C(C)(C)C. The lowest BCUT2D eigenvalue weighted by Crippen LogP contribution is -2.33. The molecule has 1 rings (SSSR count). The zero-order chi connectivity index (χ0) is 14.6. The Kier molecular flexibility index (Phi) is 5.14. The zero-order valence-electron chi connectivity index (χ0n) is 11.7. The van der Waals surface area contributed by atoms with Gasteiger partial charge in [0, 0.05) is 12.1 Å². The van der Waals surface area contributed by atoms with Gasteiger partial charge in [-0.15, -0.1) is 0 Å². The van der Waals surface area contributed by atoms with E-state index in [2.05, 4.69) is 43.4 Å². The molecule has 4 N–H and O–H groups in total. The van der Waals surface area contributed by atoms with Gasteiger partial charge in [0.15, 0.2) is 0 Å². The summed E-state index contributed by atoms with van der Waals surface area (Å²) in [5.41, 5.74) is 2.96. The van der Waals surface area contributed by atoms with E-state index < -0.39 is 0 Å². The quantitative estimate of drug-likeness (QED) is 0.451. The second-order valence-electron chi connectivity index (χ2n) is 5.69. The number of carbonyl (C=O) groups is 1. The minimum Gasteiger partial charge on any atom is -0.352 e. The Morgan fingerprint density at radius 3 is 2.63 bits per heavy atom. The summed E-state index contributed by atoms with van der Waals surface area (Å²) in [5.74, 6) is 5.81. The Hall–Kier alpha value is -1.33. The van der Waals surface area contributed by atoms with Crippen molar-refractivity contribution in [3.63, 3.8) is 0 Å². The van der Waals surface area contributed by atoms with Gasteiger partial charge in [0.2, 0.25) is 0 Å². The number of amides is 1. The summed E-state index contributed by atoms with van der Waals surface area (Å²) in [7, 11) is 0. The number of halogens is 1. The highest BCUT2D eigenvalue weighted by Crippen LogP contribution is 2.24. The maximum atomic E-state index is 12.0. The second kappa shape index (κ2) is 6.21. The smallest absolute Gasteiger partial charge is 0.251 e. The van der Waals surface area contributed by atoms with Gasteiger partial charge in [-0.05, 0) is 23.5 Å². The number of hydrazine groups is 1. The minimum atomic E-state index is -0.183. The van der Waals surface area contributed by atoms with E-state index in [-0.39, 0.29) is 16.5 Å². The van der Waals surface area contributed by atoms with E-state index in [1.807, 2.05) is 0 Å². The fourth-order valence-electron chi connectivity index (χ4n) is 1.36. The molecule has 0 saturated heterocycles. The van der Waals surface area contributed by atoms with E-state index in [1.165, 1.54) is 6.07 Å². The maximum Gasteiger partial charge on any atom is 0.251 e. The number of aromatic nitrogens is 1. The highest BCUT2D eigenvalue weighted by Gasteiger charge is 2.20. The Morgan fingerprint density at radius 2 is 2.11 bits per heavy atom. The summed E-state index contributed by atoms with van der Waals surface area (Å²) < 4.78 is 0. The maximum absolute atomic E-state index is 12.0. The minimum absolute atomic E-state index is 0.146. The molecule has 0 aromatic carbocycles. The molecule has 1 amide bonds. The number of hydrogen-bond acceptors (Lipinski definition) is 4. The lowest BCUT2D eigenvalue weighted by Gasteiger charge is -2.27. The second-order valence-corrected chi connectivity index (χ2v) is 6.07. The molecule has 0 aliphatic rings. The molecule has 0 spiro atoms. The van der Waals surface area contributed by atoms with Gasteiger partial charge in [0.25, 0.3) is 5.91 Å². The van der Waals surface area contributed by atoms with Crippen LogP contribution in [0.5, 0.6) is 0 Å². The largest absolute Gasteiger partial charge is 0.352 e.